The van der Waals surface area contributed by atoms with E-state index in [-0.39, 0.29) is 18.1 Å². The summed E-state index contributed by atoms with van der Waals surface area (Å²) in [6, 6.07) is 2.21. The topological polar surface area (TPSA) is 61.6 Å². The van der Waals surface area contributed by atoms with Gasteiger partial charge in [-0.25, -0.2) is 0 Å². The average molecular weight is 334 g/mol. The van der Waals surface area contributed by atoms with E-state index in [0.29, 0.717) is 5.69 Å². The van der Waals surface area contributed by atoms with Gasteiger partial charge in [0, 0.05) is 39.3 Å². The van der Waals surface area contributed by atoms with Crippen molar-refractivity contribution in [2.75, 3.05) is 26.2 Å². The van der Waals surface area contributed by atoms with Crippen molar-refractivity contribution in [2.45, 2.75) is 57.6 Å². The maximum absolute atomic E-state index is 12.8. The number of hydrogen-bond donors (Lipinski definition) is 1. The maximum Gasteiger partial charge on any atom is 0.272 e. The van der Waals surface area contributed by atoms with Crippen molar-refractivity contribution in [3.05, 3.63) is 17.5 Å². The molecule has 2 fully saturated rings. The third-order valence-electron chi connectivity index (χ3n) is 5.42. The van der Waals surface area contributed by atoms with Crippen LogP contribution in [0.5, 0.6) is 0 Å². The third kappa shape index (κ3) is 3.64. The van der Waals surface area contributed by atoms with Crippen LogP contribution in [0, 0.1) is 0 Å². The number of aromatic nitrogens is 2. The summed E-state index contributed by atoms with van der Waals surface area (Å²) in [6.07, 6.45) is 6.08. The van der Waals surface area contributed by atoms with Crippen LogP contribution in [0.4, 0.5) is 0 Å². The van der Waals surface area contributed by atoms with Gasteiger partial charge in [-0.1, -0.05) is 26.2 Å². The molecule has 0 unspecified atom stereocenters. The first-order valence-corrected chi connectivity index (χ1v) is 9.34. The quantitative estimate of drug-likeness (QED) is 0.905. The summed E-state index contributed by atoms with van der Waals surface area (Å²) in [5.41, 5.74) is 1.68. The molecule has 1 saturated heterocycles. The summed E-state index contributed by atoms with van der Waals surface area (Å²) in [4.78, 5) is 17.1. The first-order valence-electron chi connectivity index (χ1n) is 9.34. The van der Waals surface area contributed by atoms with Gasteiger partial charge in [0.05, 0.1) is 11.8 Å². The molecular weight excluding hydrogens is 304 g/mol. The molecule has 1 saturated carbocycles. The molecule has 0 radical (unpaired) electrons. The second-order valence-corrected chi connectivity index (χ2v) is 7.14. The number of nitrogens with zero attached hydrogens (tertiary/aromatic N) is 4. The fourth-order valence-electron chi connectivity index (χ4n) is 4.04. The number of amides is 1. The van der Waals surface area contributed by atoms with Gasteiger partial charge in [0.2, 0.25) is 0 Å². The SMILES string of the molecule is CCCc1cc(C(=O)N2CCN([C@H]3CCCC[C@@H]3O)CC2)n(C)n1. The van der Waals surface area contributed by atoms with E-state index in [0.717, 1.165) is 64.0 Å². The molecule has 1 aromatic rings. The smallest absolute Gasteiger partial charge is 0.272 e. The zero-order valence-corrected chi connectivity index (χ0v) is 14.9. The van der Waals surface area contributed by atoms with Crippen molar-refractivity contribution in [3.63, 3.8) is 0 Å². The maximum atomic E-state index is 12.8. The largest absolute Gasteiger partial charge is 0.391 e. The Morgan fingerprint density at radius 3 is 2.62 bits per heavy atom. The molecule has 0 bridgehead atoms. The number of hydrogen-bond acceptors (Lipinski definition) is 4. The van der Waals surface area contributed by atoms with Crippen LogP contribution in [0.15, 0.2) is 6.07 Å². The normalized spacial score (nSPS) is 25.9. The number of rotatable bonds is 4. The highest BCUT2D eigenvalue weighted by Crippen LogP contribution is 2.24. The molecule has 1 amide bonds. The first kappa shape index (κ1) is 17.4. The van der Waals surface area contributed by atoms with Crippen molar-refractivity contribution in [1.82, 2.24) is 19.6 Å². The Kier molecular flexibility index (Phi) is 5.56. The molecule has 1 N–H and O–H groups in total. The molecule has 2 heterocycles. The molecule has 6 heteroatoms. The lowest BCUT2D eigenvalue weighted by Crippen LogP contribution is -2.55. The van der Waals surface area contributed by atoms with Gasteiger partial charge in [-0.2, -0.15) is 5.10 Å². The molecular formula is C18H30N4O2. The summed E-state index contributed by atoms with van der Waals surface area (Å²) < 4.78 is 1.71. The number of aliphatic hydroxyl groups excluding tert-OH is 1. The van der Waals surface area contributed by atoms with Gasteiger partial charge in [-0.05, 0) is 25.3 Å². The molecule has 1 aliphatic heterocycles. The van der Waals surface area contributed by atoms with Crippen LogP contribution in [0.25, 0.3) is 0 Å². The van der Waals surface area contributed by atoms with Gasteiger partial charge >= 0.3 is 0 Å². The minimum absolute atomic E-state index is 0.0798. The number of aliphatic hydroxyl groups is 1. The summed E-state index contributed by atoms with van der Waals surface area (Å²) in [5.74, 6) is 0.0798. The summed E-state index contributed by atoms with van der Waals surface area (Å²) in [5, 5.41) is 14.7. The highest BCUT2D eigenvalue weighted by atomic mass is 16.3. The third-order valence-corrected chi connectivity index (χ3v) is 5.42. The van der Waals surface area contributed by atoms with E-state index in [4.69, 9.17) is 0 Å². The van der Waals surface area contributed by atoms with Crippen molar-refractivity contribution >= 4 is 5.91 Å². The molecule has 1 aromatic heterocycles. The number of carbonyl (C=O) groups is 1. The van der Waals surface area contributed by atoms with E-state index in [1.807, 2.05) is 18.0 Å². The van der Waals surface area contributed by atoms with Crippen molar-refractivity contribution < 1.29 is 9.90 Å². The predicted molar refractivity (Wildman–Crippen MR) is 92.9 cm³/mol. The highest BCUT2D eigenvalue weighted by Gasteiger charge is 2.32. The Morgan fingerprint density at radius 1 is 1.25 bits per heavy atom. The van der Waals surface area contributed by atoms with Crippen molar-refractivity contribution in [2.24, 2.45) is 7.05 Å². The van der Waals surface area contributed by atoms with Crippen LogP contribution >= 0.6 is 0 Å². The van der Waals surface area contributed by atoms with Gasteiger partial charge in [0.15, 0.2) is 0 Å². The van der Waals surface area contributed by atoms with Crippen LogP contribution in [0.1, 0.15) is 55.2 Å². The fourth-order valence-corrected chi connectivity index (χ4v) is 4.04. The van der Waals surface area contributed by atoms with Gasteiger partial charge in [-0.15, -0.1) is 0 Å². The number of carbonyl (C=O) groups excluding carboxylic acids is 1. The molecule has 24 heavy (non-hydrogen) atoms. The number of aryl methyl sites for hydroxylation is 2. The first-order chi connectivity index (χ1) is 11.6. The van der Waals surface area contributed by atoms with Crippen LogP contribution < -0.4 is 0 Å². The molecule has 2 aliphatic rings. The summed E-state index contributed by atoms with van der Waals surface area (Å²) in [6.45, 7) is 5.29. The predicted octanol–water partition coefficient (Wildman–Crippen LogP) is 1.43. The van der Waals surface area contributed by atoms with Crippen molar-refractivity contribution in [1.29, 1.82) is 0 Å². The zero-order chi connectivity index (χ0) is 17.1. The monoisotopic (exact) mass is 334 g/mol. The molecule has 134 valence electrons. The Morgan fingerprint density at radius 2 is 1.96 bits per heavy atom. The summed E-state index contributed by atoms with van der Waals surface area (Å²) >= 11 is 0. The van der Waals surface area contributed by atoms with Crippen molar-refractivity contribution in [3.8, 4) is 0 Å². The lowest BCUT2D eigenvalue weighted by molar-refractivity contribution is -0.00191. The van der Waals surface area contributed by atoms with E-state index in [9.17, 15) is 9.90 Å². The second-order valence-electron chi connectivity index (χ2n) is 7.14. The van der Waals surface area contributed by atoms with E-state index in [1.54, 1.807) is 4.68 Å². The lowest BCUT2D eigenvalue weighted by atomic mass is 9.91. The second kappa shape index (κ2) is 7.66. The van der Waals surface area contributed by atoms with E-state index in [2.05, 4.69) is 16.9 Å². The zero-order valence-electron chi connectivity index (χ0n) is 14.9. The van der Waals surface area contributed by atoms with Gasteiger partial charge in [0.1, 0.15) is 5.69 Å². The van der Waals surface area contributed by atoms with E-state index in [1.165, 1.54) is 6.42 Å². The highest BCUT2D eigenvalue weighted by molar-refractivity contribution is 5.92. The standard InChI is InChI=1S/C18H30N4O2/c1-3-6-14-13-16(20(2)19-14)18(24)22-11-9-21(10-12-22)15-7-4-5-8-17(15)23/h13,15,17,23H,3-12H2,1-2H3/t15-,17-/m0/s1. The summed E-state index contributed by atoms with van der Waals surface area (Å²) in [7, 11) is 1.85. The average Bonchev–Trinajstić information content (AvgIpc) is 2.96. The Labute approximate surface area is 144 Å². The Bertz CT molecular complexity index is 563. The molecule has 6 nitrogen and oxygen atoms in total. The molecule has 0 spiro atoms. The fraction of sp³-hybridized carbons (Fsp3) is 0.778. The lowest BCUT2D eigenvalue weighted by Gasteiger charge is -2.42. The minimum Gasteiger partial charge on any atom is -0.391 e. The minimum atomic E-state index is -0.199. The van der Waals surface area contributed by atoms with Crippen LogP contribution in [0.3, 0.4) is 0 Å². The molecule has 0 aromatic carbocycles. The van der Waals surface area contributed by atoms with Crippen LogP contribution in [-0.4, -0.2) is 68.9 Å². The Hall–Kier alpha value is -1.40. The van der Waals surface area contributed by atoms with Gasteiger partial charge < -0.3 is 10.0 Å². The number of piperazine rings is 1. The van der Waals surface area contributed by atoms with Crippen LogP contribution in [0.2, 0.25) is 0 Å². The van der Waals surface area contributed by atoms with Crippen LogP contribution in [-0.2, 0) is 13.5 Å². The van der Waals surface area contributed by atoms with E-state index >= 15 is 0 Å². The van der Waals surface area contributed by atoms with Gasteiger partial charge in [0.25, 0.3) is 5.91 Å². The Balaban J connectivity index is 1.59. The molecule has 1 aliphatic carbocycles. The van der Waals surface area contributed by atoms with E-state index < -0.39 is 0 Å². The van der Waals surface area contributed by atoms with Gasteiger partial charge in [-0.3, -0.25) is 14.4 Å². The molecule has 2 atom stereocenters. The molecule has 3 rings (SSSR count).